The van der Waals surface area contributed by atoms with Crippen molar-refractivity contribution in [3.8, 4) is 5.69 Å². The zero-order valence-corrected chi connectivity index (χ0v) is 17.2. The molecule has 1 atom stereocenters. The molecule has 156 valence electrons. The molecule has 0 aliphatic rings. The predicted octanol–water partition coefficient (Wildman–Crippen LogP) is 3.20. The van der Waals surface area contributed by atoms with E-state index in [0.29, 0.717) is 17.9 Å². The third-order valence-electron chi connectivity index (χ3n) is 4.86. The van der Waals surface area contributed by atoms with Gasteiger partial charge in [-0.15, -0.1) is 0 Å². The number of aryl methyl sites for hydroxylation is 1. The number of aromatic nitrogens is 3. The Kier molecular flexibility index (Phi) is 6.79. The molecule has 30 heavy (non-hydrogen) atoms. The lowest BCUT2D eigenvalue weighted by atomic mass is 10.1. The molecular weight excluding hydrogens is 384 g/mol. The van der Waals surface area contributed by atoms with Gasteiger partial charge in [0.1, 0.15) is 24.2 Å². The molecule has 0 spiro atoms. The molecule has 3 rings (SSSR count). The van der Waals surface area contributed by atoms with Crippen LogP contribution in [0.1, 0.15) is 36.5 Å². The average Bonchev–Trinajstić information content (AvgIpc) is 3.47. The summed E-state index contributed by atoms with van der Waals surface area (Å²) in [5.74, 6) is 0.794. The fourth-order valence-corrected chi connectivity index (χ4v) is 2.88. The molecule has 0 bridgehead atoms. The number of likely N-dealkylation sites (N-methyl/N-ethyl adjacent to an activating group) is 1. The summed E-state index contributed by atoms with van der Waals surface area (Å²) in [5, 5.41) is 4.10. The molecule has 0 radical (unpaired) electrons. The van der Waals surface area contributed by atoms with E-state index in [-0.39, 0.29) is 24.3 Å². The van der Waals surface area contributed by atoms with Crippen molar-refractivity contribution in [3.05, 3.63) is 72.2 Å². The van der Waals surface area contributed by atoms with Gasteiger partial charge in [-0.1, -0.05) is 12.1 Å². The van der Waals surface area contributed by atoms with Gasteiger partial charge in [0, 0.05) is 19.5 Å². The zero-order valence-electron chi connectivity index (χ0n) is 17.2. The Labute approximate surface area is 174 Å². The Hall–Kier alpha value is -3.68. The Balaban J connectivity index is 1.58. The minimum atomic E-state index is -0.288. The lowest BCUT2D eigenvalue weighted by molar-refractivity contribution is -0.140. The number of ether oxygens (including phenoxy) is 1. The zero-order chi connectivity index (χ0) is 21.5. The van der Waals surface area contributed by atoms with Gasteiger partial charge in [0.2, 0.25) is 5.91 Å². The molecule has 0 unspecified atom stereocenters. The maximum Gasteiger partial charge on any atom is 0.305 e. The van der Waals surface area contributed by atoms with Crippen molar-refractivity contribution in [1.82, 2.24) is 19.7 Å². The minimum absolute atomic E-state index is 0.112. The molecule has 0 saturated carbocycles. The summed E-state index contributed by atoms with van der Waals surface area (Å²) in [6.45, 7) is 1.97. The van der Waals surface area contributed by atoms with E-state index in [1.54, 1.807) is 41.2 Å². The Morgan fingerprint density at radius 3 is 2.67 bits per heavy atom. The average molecular weight is 408 g/mol. The highest BCUT2D eigenvalue weighted by molar-refractivity contribution is 5.91. The van der Waals surface area contributed by atoms with Crippen LogP contribution >= 0.6 is 0 Å². The summed E-state index contributed by atoms with van der Waals surface area (Å²) >= 11 is 0. The maximum atomic E-state index is 12.6. The van der Waals surface area contributed by atoms with Gasteiger partial charge < -0.3 is 14.1 Å². The fourth-order valence-electron chi connectivity index (χ4n) is 2.88. The number of hydrogen-bond donors (Lipinski definition) is 0. The van der Waals surface area contributed by atoms with Gasteiger partial charge in [-0.3, -0.25) is 9.59 Å². The van der Waals surface area contributed by atoms with Crippen LogP contribution in [0.15, 0.2) is 59.5 Å². The topological polar surface area (TPSA) is 90.5 Å². The van der Waals surface area contributed by atoms with E-state index < -0.39 is 0 Å². The van der Waals surface area contributed by atoms with E-state index in [2.05, 4.69) is 14.8 Å². The second-order valence-electron chi connectivity index (χ2n) is 6.77. The highest BCUT2D eigenvalue weighted by atomic mass is 16.5. The molecule has 8 heteroatoms. The van der Waals surface area contributed by atoms with Crippen LogP contribution in [0.2, 0.25) is 0 Å². The number of methoxy groups -OCH3 is 1. The van der Waals surface area contributed by atoms with Gasteiger partial charge in [0.05, 0.1) is 25.3 Å². The van der Waals surface area contributed by atoms with E-state index in [4.69, 9.17) is 4.42 Å². The number of furan rings is 1. The quantitative estimate of drug-likeness (QED) is 0.420. The highest BCUT2D eigenvalue weighted by Gasteiger charge is 2.16. The first-order valence-electron chi connectivity index (χ1n) is 9.53. The second kappa shape index (κ2) is 9.69. The monoisotopic (exact) mass is 408 g/mol. The SMILES string of the molecule is COC(=O)CCc1ccc(/C=C/C(=O)N(C)[C@H](C)c2ccc(-n3cncn3)cc2)o1. The molecule has 0 aliphatic carbocycles. The summed E-state index contributed by atoms with van der Waals surface area (Å²) in [5.41, 5.74) is 1.91. The van der Waals surface area contributed by atoms with Crippen molar-refractivity contribution in [3.63, 3.8) is 0 Å². The van der Waals surface area contributed by atoms with Crippen LogP contribution in [0.5, 0.6) is 0 Å². The first-order chi connectivity index (χ1) is 14.5. The van der Waals surface area contributed by atoms with E-state index in [1.807, 2.05) is 31.2 Å². The molecule has 2 heterocycles. The molecule has 2 aromatic heterocycles. The van der Waals surface area contributed by atoms with E-state index >= 15 is 0 Å². The van der Waals surface area contributed by atoms with E-state index in [9.17, 15) is 9.59 Å². The van der Waals surface area contributed by atoms with Gasteiger partial charge >= 0.3 is 5.97 Å². The van der Waals surface area contributed by atoms with Crippen molar-refractivity contribution in [2.45, 2.75) is 25.8 Å². The summed E-state index contributed by atoms with van der Waals surface area (Å²) < 4.78 is 11.9. The van der Waals surface area contributed by atoms with Crippen molar-refractivity contribution >= 4 is 18.0 Å². The number of benzene rings is 1. The molecule has 1 aromatic carbocycles. The standard InChI is InChI=1S/C22H24N4O4/c1-16(17-4-6-18(7-5-17)26-15-23-14-24-26)25(2)21(27)12-10-19-8-9-20(30-19)11-13-22(28)29-3/h4-10,12,14-16H,11,13H2,1-3H3/b12-10+/t16-/m1/s1. The number of amides is 1. The second-order valence-corrected chi connectivity index (χ2v) is 6.77. The summed E-state index contributed by atoms with van der Waals surface area (Å²) in [6, 6.07) is 11.3. The summed E-state index contributed by atoms with van der Waals surface area (Å²) in [7, 11) is 3.11. The van der Waals surface area contributed by atoms with Crippen LogP contribution in [0.25, 0.3) is 11.8 Å². The van der Waals surface area contributed by atoms with Gasteiger partial charge in [0.25, 0.3) is 0 Å². The number of esters is 1. The van der Waals surface area contributed by atoms with Crippen molar-refractivity contribution in [2.75, 3.05) is 14.2 Å². The van der Waals surface area contributed by atoms with Crippen LogP contribution in [0.4, 0.5) is 0 Å². The number of rotatable bonds is 8. The summed E-state index contributed by atoms with van der Waals surface area (Å²) in [6.07, 6.45) is 6.92. The number of carbonyl (C=O) groups excluding carboxylic acids is 2. The van der Waals surface area contributed by atoms with Crippen LogP contribution in [0, 0.1) is 0 Å². The molecular formula is C22H24N4O4. The normalized spacial score (nSPS) is 12.1. The Morgan fingerprint density at radius 1 is 1.23 bits per heavy atom. The van der Waals surface area contributed by atoms with E-state index in [0.717, 1.165) is 11.3 Å². The molecule has 0 saturated heterocycles. The van der Waals surface area contributed by atoms with Gasteiger partial charge in [-0.05, 0) is 42.8 Å². The highest BCUT2D eigenvalue weighted by Crippen LogP contribution is 2.21. The maximum absolute atomic E-state index is 12.6. The Morgan fingerprint density at radius 2 is 2.00 bits per heavy atom. The van der Waals surface area contributed by atoms with Crippen molar-refractivity contribution < 1.29 is 18.7 Å². The molecule has 0 N–H and O–H groups in total. The van der Waals surface area contributed by atoms with Crippen LogP contribution in [-0.4, -0.2) is 45.7 Å². The first-order valence-corrected chi connectivity index (χ1v) is 9.53. The van der Waals surface area contributed by atoms with Crippen molar-refractivity contribution in [1.29, 1.82) is 0 Å². The third kappa shape index (κ3) is 5.22. The fraction of sp³-hybridized carbons (Fsp3) is 0.273. The predicted molar refractivity (Wildman–Crippen MR) is 111 cm³/mol. The third-order valence-corrected chi connectivity index (χ3v) is 4.86. The largest absolute Gasteiger partial charge is 0.469 e. The van der Waals surface area contributed by atoms with Crippen LogP contribution < -0.4 is 0 Å². The van der Waals surface area contributed by atoms with E-state index in [1.165, 1.54) is 19.5 Å². The molecule has 3 aromatic rings. The number of hydrogen-bond acceptors (Lipinski definition) is 6. The number of nitrogens with zero attached hydrogens (tertiary/aromatic N) is 4. The lowest BCUT2D eigenvalue weighted by Crippen LogP contribution is -2.27. The number of carbonyl (C=O) groups is 2. The smallest absolute Gasteiger partial charge is 0.305 e. The molecule has 8 nitrogen and oxygen atoms in total. The molecule has 0 fully saturated rings. The van der Waals surface area contributed by atoms with Gasteiger partial charge in [0.15, 0.2) is 0 Å². The first kappa shape index (κ1) is 21.0. The lowest BCUT2D eigenvalue weighted by Gasteiger charge is -2.24. The molecule has 1 amide bonds. The van der Waals surface area contributed by atoms with Crippen molar-refractivity contribution in [2.24, 2.45) is 0 Å². The van der Waals surface area contributed by atoms with Gasteiger partial charge in [-0.2, -0.15) is 5.10 Å². The van der Waals surface area contributed by atoms with Gasteiger partial charge in [-0.25, -0.2) is 9.67 Å². The Bertz CT molecular complexity index is 1010. The van der Waals surface area contributed by atoms with Crippen LogP contribution in [0.3, 0.4) is 0 Å². The van der Waals surface area contributed by atoms with Crippen LogP contribution in [-0.2, 0) is 20.7 Å². The minimum Gasteiger partial charge on any atom is -0.469 e. The summed E-state index contributed by atoms with van der Waals surface area (Å²) in [4.78, 5) is 29.4. The molecule has 0 aliphatic heterocycles.